The fourth-order valence-electron chi connectivity index (χ4n) is 3.85. The number of methoxy groups -OCH3 is 1. The fraction of sp³-hybridized carbons (Fsp3) is 0.500. The van der Waals surface area contributed by atoms with Gasteiger partial charge in [0.1, 0.15) is 12.4 Å². The van der Waals surface area contributed by atoms with E-state index in [0.717, 1.165) is 56.6 Å². The summed E-state index contributed by atoms with van der Waals surface area (Å²) < 4.78 is 7.14. The number of nitrogens with zero attached hydrogens (tertiary/aromatic N) is 5. The average molecular weight is 537 g/mol. The van der Waals surface area contributed by atoms with Gasteiger partial charge in [0, 0.05) is 44.9 Å². The van der Waals surface area contributed by atoms with Crippen molar-refractivity contribution in [1.29, 1.82) is 0 Å². The number of aliphatic imine (C=N–C) groups is 1. The Labute approximate surface area is 201 Å². The van der Waals surface area contributed by atoms with Crippen molar-refractivity contribution in [2.45, 2.75) is 45.5 Å². The van der Waals surface area contributed by atoms with Crippen LogP contribution < -0.4 is 15.5 Å². The molecule has 2 aromatic rings. The number of aromatic nitrogens is 3. The van der Waals surface area contributed by atoms with Gasteiger partial charge in [-0.15, -0.1) is 24.0 Å². The Bertz CT molecular complexity index is 886. The van der Waals surface area contributed by atoms with Crippen LogP contribution >= 0.6 is 24.0 Å². The lowest BCUT2D eigenvalue weighted by Gasteiger charge is -2.25. The largest absolute Gasteiger partial charge is 0.377 e. The second-order valence-electron chi connectivity index (χ2n) is 7.68. The third-order valence-electron chi connectivity index (χ3n) is 5.40. The molecule has 168 valence electrons. The Kier molecular flexibility index (Phi) is 8.70. The monoisotopic (exact) mass is 537 g/mol. The molecule has 0 spiro atoms. The van der Waals surface area contributed by atoms with Gasteiger partial charge < -0.3 is 20.3 Å². The van der Waals surface area contributed by atoms with E-state index < -0.39 is 0 Å². The summed E-state index contributed by atoms with van der Waals surface area (Å²) in [6.45, 7) is 6.79. The van der Waals surface area contributed by atoms with Crippen LogP contribution in [0.2, 0.25) is 0 Å². The van der Waals surface area contributed by atoms with Crippen molar-refractivity contribution in [1.82, 2.24) is 25.4 Å². The van der Waals surface area contributed by atoms with Crippen LogP contribution in [0, 0.1) is 0 Å². The van der Waals surface area contributed by atoms with Gasteiger partial charge in [0.25, 0.3) is 0 Å². The molecule has 9 heteroatoms. The van der Waals surface area contributed by atoms with E-state index in [1.165, 1.54) is 11.3 Å². The summed E-state index contributed by atoms with van der Waals surface area (Å²) >= 11 is 0. The molecule has 0 fully saturated rings. The molecule has 0 bridgehead atoms. The first-order valence-corrected chi connectivity index (χ1v) is 10.7. The maximum absolute atomic E-state index is 5.15. The number of hydrogen-bond acceptors (Lipinski definition) is 5. The van der Waals surface area contributed by atoms with Crippen LogP contribution in [0.1, 0.15) is 30.6 Å². The molecule has 0 saturated heterocycles. The number of hydrogen-bond donors (Lipinski definition) is 2. The van der Waals surface area contributed by atoms with Crippen molar-refractivity contribution in [3.8, 4) is 0 Å². The van der Waals surface area contributed by atoms with Gasteiger partial charge in [0.15, 0.2) is 11.8 Å². The quantitative estimate of drug-likeness (QED) is 0.245. The molecule has 2 N–H and O–H groups in total. The maximum Gasteiger partial charge on any atom is 0.191 e. The van der Waals surface area contributed by atoms with Gasteiger partial charge in [0.05, 0.1) is 13.1 Å². The van der Waals surface area contributed by atoms with Gasteiger partial charge >= 0.3 is 0 Å². The first-order valence-electron chi connectivity index (χ1n) is 10.7. The van der Waals surface area contributed by atoms with Crippen LogP contribution in [0.25, 0.3) is 0 Å². The van der Waals surface area contributed by atoms with Crippen LogP contribution in [-0.2, 0) is 30.9 Å². The van der Waals surface area contributed by atoms with Crippen LogP contribution in [0.5, 0.6) is 0 Å². The van der Waals surface area contributed by atoms with E-state index in [9.17, 15) is 0 Å². The summed E-state index contributed by atoms with van der Waals surface area (Å²) in [6, 6.07) is 8.98. The van der Waals surface area contributed by atoms with Crippen LogP contribution in [0.4, 0.5) is 5.69 Å². The van der Waals surface area contributed by atoms with Gasteiger partial charge in [-0.3, -0.25) is 0 Å². The van der Waals surface area contributed by atoms with E-state index in [0.29, 0.717) is 13.2 Å². The van der Waals surface area contributed by atoms with Crippen molar-refractivity contribution >= 4 is 35.6 Å². The third kappa shape index (κ3) is 6.19. The molecule has 4 rings (SSSR count). The first kappa shape index (κ1) is 23.5. The number of halogens is 1. The summed E-state index contributed by atoms with van der Waals surface area (Å²) in [5.74, 6) is 2.63. The molecular weight excluding hydrogens is 505 g/mol. The number of ether oxygens (including phenoxy) is 1. The van der Waals surface area contributed by atoms with Gasteiger partial charge in [-0.1, -0.05) is 24.3 Å². The Morgan fingerprint density at radius 1 is 1.23 bits per heavy atom. The highest BCUT2D eigenvalue weighted by molar-refractivity contribution is 14.0. The highest BCUT2D eigenvalue weighted by Crippen LogP contribution is 2.18. The number of rotatable bonds is 7. The standard InChI is InChI=1S/C22H31N7O.HI/c1-3-23-22(24-14-17-6-9-19(10-7-17)28-12-4-5-13-28)25-18-8-11-21-26-20(16-30-2)27-29(21)15-18;/h4-7,9-10,18H,3,8,11-16H2,1-2H3,(H2,23,24,25);1H. The minimum absolute atomic E-state index is 0. The van der Waals surface area contributed by atoms with Crippen LogP contribution in [0.3, 0.4) is 0 Å². The molecule has 3 heterocycles. The predicted molar refractivity (Wildman–Crippen MR) is 134 cm³/mol. The van der Waals surface area contributed by atoms with Gasteiger partial charge in [-0.05, 0) is 31.0 Å². The average Bonchev–Trinajstić information content (AvgIpc) is 3.42. The topological polar surface area (TPSA) is 79.6 Å². The molecule has 1 unspecified atom stereocenters. The van der Waals surface area contributed by atoms with Crippen molar-refractivity contribution in [2.75, 3.05) is 31.6 Å². The van der Waals surface area contributed by atoms with E-state index in [1.54, 1.807) is 7.11 Å². The lowest BCUT2D eigenvalue weighted by Crippen LogP contribution is -2.47. The van der Waals surface area contributed by atoms with E-state index in [2.05, 4.69) is 69.0 Å². The Morgan fingerprint density at radius 3 is 2.71 bits per heavy atom. The molecule has 1 atom stereocenters. The highest BCUT2D eigenvalue weighted by Gasteiger charge is 2.22. The zero-order valence-corrected chi connectivity index (χ0v) is 20.6. The fourth-order valence-corrected chi connectivity index (χ4v) is 3.85. The first-order chi connectivity index (χ1) is 14.7. The number of guanidine groups is 1. The van der Waals surface area contributed by atoms with Crippen molar-refractivity contribution in [3.05, 3.63) is 53.6 Å². The zero-order valence-electron chi connectivity index (χ0n) is 18.3. The minimum Gasteiger partial charge on any atom is -0.377 e. The van der Waals surface area contributed by atoms with E-state index in [-0.39, 0.29) is 30.0 Å². The summed E-state index contributed by atoms with van der Waals surface area (Å²) in [7, 11) is 1.67. The van der Waals surface area contributed by atoms with Crippen molar-refractivity contribution in [2.24, 2.45) is 4.99 Å². The van der Waals surface area contributed by atoms with Crippen molar-refractivity contribution in [3.63, 3.8) is 0 Å². The summed E-state index contributed by atoms with van der Waals surface area (Å²) in [4.78, 5) is 11.7. The number of nitrogens with one attached hydrogen (secondary N) is 2. The number of anilines is 1. The Morgan fingerprint density at radius 2 is 2.00 bits per heavy atom. The van der Waals surface area contributed by atoms with E-state index >= 15 is 0 Å². The molecule has 8 nitrogen and oxygen atoms in total. The molecule has 2 aliphatic rings. The summed E-state index contributed by atoms with van der Waals surface area (Å²) in [6.07, 6.45) is 6.33. The number of benzene rings is 1. The van der Waals surface area contributed by atoms with Gasteiger partial charge in [0.2, 0.25) is 0 Å². The maximum atomic E-state index is 5.15. The number of aryl methyl sites for hydroxylation is 1. The normalized spacial score (nSPS) is 17.9. The molecule has 0 aliphatic carbocycles. The Balaban J connectivity index is 0.00000272. The second kappa shape index (κ2) is 11.5. The van der Waals surface area contributed by atoms with E-state index in [4.69, 9.17) is 9.73 Å². The molecule has 2 aliphatic heterocycles. The molecule has 31 heavy (non-hydrogen) atoms. The zero-order chi connectivity index (χ0) is 20.8. The third-order valence-corrected chi connectivity index (χ3v) is 5.40. The summed E-state index contributed by atoms with van der Waals surface area (Å²) in [5.41, 5.74) is 2.46. The van der Waals surface area contributed by atoms with Crippen LogP contribution in [-0.4, -0.2) is 53.5 Å². The molecule has 0 amide bonds. The molecule has 0 saturated carbocycles. The Hall–Kier alpha value is -2.14. The predicted octanol–water partition coefficient (Wildman–Crippen LogP) is 2.49. The summed E-state index contributed by atoms with van der Waals surface area (Å²) in [5, 5.41) is 11.5. The lowest BCUT2D eigenvalue weighted by atomic mass is 10.1. The van der Waals surface area contributed by atoms with E-state index in [1.807, 2.05) is 4.68 Å². The highest BCUT2D eigenvalue weighted by atomic mass is 127. The SMILES string of the molecule is CCNC(=NCc1ccc(N2CC=CC2)cc1)NC1CCc2nc(COC)nn2C1.I. The molecule has 1 aromatic heterocycles. The second-order valence-corrected chi connectivity index (χ2v) is 7.68. The smallest absolute Gasteiger partial charge is 0.191 e. The minimum atomic E-state index is 0. The lowest BCUT2D eigenvalue weighted by molar-refractivity contribution is 0.177. The van der Waals surface area contributed by atoms with Gasteiger partial charge in [-0.25, -0.2) is 14.7 Å². The molecular formula is C22H32IN7O. The number of fused-ring (bicyclic) bond motifs is 1. The van der Waals surface area contributed by atoms with Crippen LogP contribution in [0.15, 0.2) is 41.4 Å². The molecule has 1 aromatic carbocycles. The van der Waals surface area contributed by atoms with Crippen molar-refractivity contribution < 1.29 is 4.74 Å². The molecule has 0 radical (unpaired) electrons. The van der Waals surface area contributed by atoms with Gasteiger partial charge in [-0.2, -0.15) is 5.10 Å².